The Hall–Kier alpha value is -0.170. The Bertz CT molecular complexity index is 308. The molecule has 0 bridgehead atoms. The third kappa shape index (κ3) is 2.94. The normalized spacial score (nSPS) is 22.6. The first-order chi connectivity index (χ1) is 7.39. The van der Waals surface area contributed by atoms with E-state index < -0.39 is 10.0 Å². The van der Waals surface area contributed by atoms with Crippen LogP contribution < -0.4 is 0 Å². The summed E-state index contributed by atoms with van der Waals surface area (Å²) in [6, 6.07) is 0.115. The van der Waals surface area contributed by atoms with Crippen molar-refractivity contribution >= 4 is 10.0 Å². The molecule has 0 aromatic carbocycles. The van der Waals surface area contributed by atoms with Crippen LogP contribution in [0.2, 0.25) is 0 Å². The fourth-order valence-corrected chi connectivity index (χ4v) is 3.08. The van der Waals surface area contributed by atoms with Crippen LogP contribution in [-0.2, 0) is 10.0 Å². The average molecular weight is 250 g/mol. The fourth-order valence-electron chi connectivity index (χ4n) is 1.81. The van der Waals surface area contributed by atoms with E-state index in [0.717, 1.165) is 0 Å². The molecule has 0 aromatic rings. The highest BCUT2D eigenvalue weighted by Crippen LogP contribution is 2.13. The van der Waals surface area contributed by atoms with Crippen molar-refractivity contribution in [3.63, 3.8) is 0 Å². The van der Waals surface area contributed by atoms with Gasteiger partial charge in [-0.1, -0.05) is 0 Å². The van der Waals surface area contributed by atoms with Crippen LogP contribution in [0.1, 0.15) is 20.8 Å². The minimum atomic E-state index is -3.11. The monoisotopic (exact) mass is 250 g/mol. The van der Waals surface area contributed by atoms with Gasteiger partial charge in [0.25, 0.3) is 0 Å². The van der Waals surface area contributed by atoms with Gasteiger partial charge in [0.15, 0.2) is 0 Å². The van der Waals surface area contributed by atoms with Crippen LogP contribution in [0.4, 0.5) is 0 Å². The van der Waals surface area contributed by atoms with Gasteiger partial charge in [-0.15, -0.1) is 0 Å². The zero-order valence-electron chi connectivity index (χ0n) is 10.3. The lowest BCUT2D eigenvalue weighted by molar-refractivity contribution is 0.100. The quantitative estimate of drug-likeness (QED) is 0.746. The van der Waals surface area contributed by atoms with E-state index >= 15 is 0 Å². The molecule has 1 fully saturated rings. The van der Waals surface area contributed by atoms with Crippen molar-refractivity contribution in [3.8, 4) is 0 Å². The standard InChI is InChI=1S/C10H22N2O3S/c1-9(2)16(14,15)12-6-4-11(5-7-12)10(3)8-13/h9-10,13H,4-8H2,1-3H3. The first-order valence-electron chi connectivity index (χ1n) is 5.73. The molecule has 1 aliphatic heterocycles. The van der Waals surface area contributed by atoms with Gasteiger partial charge < -0.3 is 5.11 Å². The van der Waals surface area contributed by atoms with Crippen molar-refractivity contribution < 1.29 is 13.5 Å². The van der Waals surface area contributed by atoms with Gasteiger partial charge in [-0.2, -0.15) is 4.31 Å². The molecule has 1 rings (SSSR count). The van der Waals surface area contributed by atoms with Gasteiger partial charge in [0, 0.05) is 32.2 Å². The van der Waals surface area contributed by atoms with Crippen molar-refractivity contribution in [2.75, 3.05) is 32.8 Å². The summed E-state index contributed by atoms with van der Waals surface area (Å²) in [5.74, 6) is 0. The third-order valence-corrected chi connectivity index (χ3v) is 5.39. The first kappa shape index (κ1) is 13.9. The maximum Gasteiger partial charge on any atom is 0.216 e. The average Bonchev–Trinajstić information content (AvgIpc) is 2.28. The number of sulfonamides is 1. The van der Waals surface area contributed by atoms with E-state index in [9.17, 15) is 8.42 Å². The van der Waals surface area contributed by atoms with Crippen molar-refractivity contribution in [2.45, 2.75) is 32.1 Å². The first-order valence-corrected chi connectivity index (χ1v) is 7.23. The number of rotatable bonds is 4. The molecule has 96 valence electrons. The summed E-state index contributed by atoms with van der Waals surface area (Å²) in [5.41, 5.74) is 0. The molecule has 0 amide bonds. The van der Waals surface area contributed by atoms with Crippen LogP contribution in [-0.4, -0.2) is 66.8 Å². The van der Waals surface area contributed by atoms with Gasteiger partial charge in [-0.05, 0) is 20.8 Å². The molecule has 0 aliphatic carbocycles. The van der Waals surface area contributed by atoms with Crippen molar-refractivity contribution in [1.29, 1.82) is 0 Å². The van der Waals surface area contributed by atoms with Crippen molar-refractivity contribution in [1.82, 2.24) is 9.21 Å². The fraction of sp³-hybridized carbons (Fsp3) is 1.00. The van der Waals surface area contributed by atoms with Crippen LogP contribution in [0.15, 0.2) is 0 Å². The second kappa shape index (κ2) is 5.44. The number of hydrogen-bond donors (Lipinski definition) is 1. The second-order valence-corrected chi connectivity index (χ2v) is 7.05. The van der Waals surface area contributed by atoms with E-state index in [1.807, 2.05) is 6.92 Å². The molecule has 6 heteroatoms. The predicted molar refractivity (Wildman–Crippen MR) is 63.7 cm³/mol. The number of piperazine rings is 1. The van der Waals surface area contributed by atoms with E-state index in [4.69, 9.17) is 5.11 Å². The molecular weight excluding hydrogens is 228 g/mol. The lowest BCUT2D eigenvalue weighted by atomic mass is 10.2. The largest absolute Gasteiger partial charge is 0.395 e. The Morgan fingerprint density at radius 1 is 1.12 bits per heavy atom. The Morgan fingerprint density at radius 3 is 2.00 bits per heavy atom. The number of nitrogens with zero attached hydrogens (tertiary/aromatic N) is 2. The Labute approximate surface area is 98.1 Å². The van der Waals surface area contributed by atoms with E-state index in [2.05, 4.69) is 4.90 Å². The second-order valence-electron chi connectivity index (χ2n) is 4.56. The summed E-state index contributed by atoms with van der Waals surface area (Å²) in [4.78, 5) is 2.12. The summed E-state index contributed by atoms with van der Waals surface area (Å²) in [7, 11) is -3.11. The molecule has 0 saturated carbocycles. The summed E-state index contributed by atoms with van der Waals surface area (Å²) in [6.07, 6.45) is 0. The van der Waals surface area contributed by atoms with Gasteiger partial charge >= 0.3 is 0 Å². The highest BCUT2D eigenvalue weighted by atomic mass is 32.2. The molecule has 1 aliphatic rings. The van der Waals surface area contributed by atoms with Crippen LogP contribution in [0.5, 0.6) is 0 Å². The highest BCUT2D eigenvalue weighted by molar-refractivity contribution is 7.89. The van der Waals surface area contributed by atoms with Gasteiger partial charge in [0.05, 0.1) is 11.9 Å². The summed E-state index contributed by atoms with van der Waals surface area (Å²) >= 11 is 0. The van der Waals surface area contributed by atoms with E-state index in [-0.39, 0.29) is 17.9 Å². The molecule has 5 nitrogen and oxygen atoms in total. The van der Waals surface area contributed by atoms with Crippen LogP contribution in [0.3, 0.4) is 0 Å². The summed E-state index contributed by atoms with van der Waals surface area (Å²) < 4.78 is 25.3. The summed E-state index contributed by atoms with van der Waals surface area (Å²) in [6.45, 7) is 7.96. The lowest BCUT2D eigenvalue weighted by Gasteiger charge is -2.37. The lowest BCUT2D eigenvalue weighted by Crippen LogP contribution is -2.53. The number of hydrogen-bond acceptors (Lipinski definition) is 4. The molecule has 16 heavy (non-hydrogen) atoms. The minimum Gasteiger partial charge on any atom is -0.395 e. The molecule has 1 heterocycles. The molecule has 0 spiro atoms. The van der Waals surface area contributed by atoms with Gasteiger partial charge in [0.1, 0.15) is 0 Å². The van der Waals surface area contributed by atoms with E-state index in [0.29, 0.717) is 26.2 Å². The van der Waals surface area contributed by atoms with Crippen LogP contribution in [0.25, 0.3) is 0 Å². The van der Waals surface area contributed by atoms with Gasteiger partial charge in [0.2, 0.25) is 10.0 Å². The maximum absolute atomic E-state index is 11.9. The molecule has 1 saturated heterocycles. The Kier molecular flexibility index (Phi) is 4.73. The Morgan fingerprint density at radius 2 is 1.62 bits per heavy atom. The highest BCUT2D eigenvalue weighted by Gasteiger charge is 2.30. The zero-order chi connectivity index (χ0) is 12.3. The van der Waals surface area contributed by atoms with E-state index in [1.165, 1.54) is 0 Å². The van der Waals surface area contributed by atoms with Gasteiger partial charge in [-0.3, -0.25) is 4.90 Å². The predicted octanol–water partition coefficient (Wildman–Crippen LogP) is -0.277. The molecule has 0 radical (unpaired) electrons. The number of aliphatic hydroxyl groups excluding tert-OH is 1. The van der Waals surface area contributed by atoms with Gasteiger partial charge in [-0.25, -0.2) is 8.42 Å². The maximum atomic E-state index is 11.9. The van der Waals surface area contributed by atoms with E-state index in [1.54, 1.807) is 18.2 Å². The molecule has 1 unspecified atom stereocenters. The molecular formula is C10H22N2O3S. The van der Waals surface area contributed by atoms with Crippen molar-refractivity contribution in [2.24, 2.45) is 0 Å². The smallest absolute Gasteiger partial charge is 0.216 e. The van der Waals surface area contributed by atoms with Crippen molar-refractivity contribution in [3.05, 3.63) is 0 Å². The molecule has 0 aromatic heterocycles. The molecule has 1 atom stereocenters. The topological polar surface area (TPSA) is 60.9 Å². The SMILES string of the molecule is CC(CO)N1CCN(S(=O)(=O)C(C)C)CC1. The molecule has 1 N–H and O–H groups in total. The third-order valence-electron chi connectivity index (χ3n) is 3.12. The zero-order valence-corrected chi connectivity index (χ0v) is 11.1. The Balaban J connectivity index is 2.56. The van der Waals surface area contributed by atoms with Crippen LogP contribution >= 0.6 is 0 Å². The minimum absolute atomic E-state index is 0.115. The van der Waals surface area contributed by atoms with Crippen LogP contribution in [0, 0.1) is 0 Å². The number of aliphatic hydroxyl groups is 1. The summed E-state index contributed by atoms with van der Waals surface area (Å²) in [5, 5.41) is 8.68.